The Labute approximate surface area is 136 Å². The standard InChI is InChI=1S/C17H25N3O3/c1-2-3-4-8-16(21)18-13-9-11-20(12-10-13)15-7-5-6-14(19-15)17(22)23/h5-7,13H,2-4,8-12H2,1H3,(H,18,21)(H,22,23). The van der Waals surface area contributed by atoms with Crippen LogP contribution in [0.3, 0.4) is 0 Å². The van der Waals surface area contributed by atoms with Gasteiger partial charge in [-0.1, -0.05) is 25.8 Å². The summed E-state index contributed by atoms with van der Waals surface area (Å²) in [6.07, 6.45) is 5.49. The minimum absolute atomic E-state index is 0.0638. The average Bonchev–Trinajstić information content (AvgIpc) is 2.56. The number of carbonyl (C=O) groups excluding carboxylic acids is 1. The van der Waals surface area contributed by atoms with Crippen LogP contribution < -0.4 is 10.2 Å². The van der Waals surface area contributed by atoms with Gasteiger partial charge in [-0.05, 0) is 31.4 Å². The second kappa shape index (κ2) is 8.50. The van der Waals surface area contributed by atoms with Gasteiger partial charge >= 0.3 is 5.97 Å². The third kappa shape index (κ3) is 5.23. The molecular weight excluding hydrogens is 294 g/mol. The number of aromatic carboxylic acids is 1. The fourth-order valence-electron chi connectivity index (χ4n) is 2.81. The molecule has 2 N–H and O–H groups in total. The van der Waals surface area contributed by atoms with Crippen molar-refractivity contribution in [3.05, 3.63) is 23.9 Å². The highest BCUT2D eigenvalue weighted by Gasteiger charge is 2.21. The van der Waals surface area contributed by atoms with E-state index in [9.17, 15) is 9.59 Å². The maximum Gasteiger partial charge on any atom is 0.354 e. The second-order valence-corrected chi connectivity index (χ2v) is 5.97. The number of piperidine rings is 1. The molecule has 1 aromatic heterocycles. The van der Waals surface area contributed by atoms with Gasteiger partial charge in [-0.15, -0.1) is 0 Å². The summed E-state index contributed by atoms with van der Waals surface area (Å²) < 4.78 is 0. The smallest absolute Gasteiger partial charge is 0.354 e. The number of pyridine rings is 1. The van der Waals surface area contributed by atoms with Crippen molar-refractivity contribution in [1.82, 2.24) is 10.3 Å². The van der Waals surface area contributed by atoms with Gasteiger partial charge in [-0.25, -0.2) is 9.78 Å². The highest BCUT2D eigenvalue weighted by Crippen LogP contribution is 2.18. The van der Waals surface area contributed by atoms with Crippen molar-refractivity contribution in [1.29, 1.82) is 0 Å². The molecule has 126 valence electrons. The number of nitrogens with one attached hydrogen (secondary N) is 1. The number of anilines is 1. The predicted molar refractivity (Wildman–Crippen MR) is 88.7 cm³/mol. The molecule has 1 saturated heterocycles. The van der Waals surface area contributed by atoms with E-state index >= 15 is 0 Å². The van der Waals surface area contributed by atoms with Crippen molar-refractivity contribution >= 4 is 17.7 Å². The van der Waals surface area contributed by atoms with E-state index in [0.29, 0.717) is 12.2 Å². The van der Waals surface area contributed by atoms with Crippen molar-refractivity contribution in [3.63, 3.8) is 0 Å². The topological polar surface area (TPSA) is 82.5 Å². The summed E-state index contributed by atoms with van der Waals surface area (Å²) in [6, 6.07) is 5.25. The zero-order chi connectivity index (χ0) is 16.7. The number of nitrogens with zero attached hydrogens (tertiary/aromatic N) is 2. The maximum absolute atomic E-state index is 11.9. The minimum Gasteiger partial charge on any atom is -0.477 e. The van der Waals surface area contributed by atoms with Crippen LogP contribution in [0.1, 0.15) is 55.9 Å². The number of rotatable bonds is 7. The Bertz CT molecular complexity index is 540. The lowest BCUT2D eigenvalue weighted by Crippen LogP contribution is -2.45. The number of hydrogen-bond acceptors (Lipinski definition) is 4. The van der Waals surface area contributed by atoms with Gasteiger partial charge in [0.2, 0.25) is 5.91 Å². The predicted octanol–water partition coefficient (Wildman–Crippen LogP) is 2.45. The maximum atomic E-state index is 11.9. The normalized spacial score (nSPS) is 15.4. The van der Waals surface area contributed by atoms with Crippen LogP contribution >= 0.6 is 0 Å². The quantitative estimate of drug-likeness (QED) is 0.754. The van der Waals surface area contributed by atoms with E-state index in [4.69, 9.17) is 5.11 Å². The van der Waals surface area contributed by atoms with Crippen LogP contribution in [0.5, 0.6) is 0 Å². The van der Waals surface area contributed by atoms with E-state index < -0.39 is 5.97 Å². The number of hydrogen-bond donors (Lipinski definition) is 2. The molecule has 1 aromatic rings. The van der Waals surface area contributed by atoms with Crippen LogP contribution in [0.2, 0.25) is 0 Å². The van der Waals surface area contributed by atoms with Crippen LogP contribution in [0.4, 0.5) is 5.82 Å². The first kappa shape index (κ1) is 17.2. The van der Waals surface area contributed by atoms with Crippen molar-refractivity contribution < 1.29 is 14.7 Å². The molecule has 23 heavy (non-hydrogen) atoms. The van der Waals surface area contributed by atoms with Gasteiger partial charge in [0.05, 0.1) is 0 Å². The van der Waals surface area contributed by atoms with Gasteiger partial charge in [-0.3, -0.25) is 4.79 Å². The van der Waals surface area contributed by atoms with Gasteiger partial charge < -0.3 is 15.3 Å². The monoisotopic (exact) mass is 319 g/mol. The zero-order valence-corrected chi connectivity index (χ0v) is 13.6. The molecule has 0 radical (unpaired) electrons. The highest BCUT2D eigenvalue weighted by molar-refractivity contribution is 5.85. The first-order valence-corrected chi connectivity index (χ1v) is 8.34. The molecule has 0 saturated carbocycles. The fourth-order valence-corrected chi connectivity index (χ4v) is 2.81. The number of carboxylic acid groups (broad SMARTS) is 1. The molecule has 1 amide bonds. The van der Waals surface area contributed by atoms with Gasteiger partial charge in [0.15, 0.2) is 5.69 Å². The number of unbranched alkanes of at least 4 members (excludes halogenated alkanes) is 2. The molecule has 0 aromatic carbocycles. The van der Waals surface area contributed by atoms with Gasteiger partial charge in [0.1, 0.15) is 5.82 Å². The number of amides is 1. The Morgan fingerprint density at radius 2 is 2.04 bits per heavy atom. The van der Waals surface area contributed by atoms with Crippen LogP contribution in [0.15, 0.2) is 18.2 Å². The average molecular weight is 319 g/mol. The Hall–Kier alpha value is -2.11. The first-order valence-electron chi connectivity index (χ1n) is 8.34. The molecule has 1 aliphatic rings. The lowest BCUT2D eigenvalue weighted by Gasteiger charge is -2.33. The minimum atomic E-state index is -1.01. The molecule has 2 heterocycles. The Balaban J connectivity index is 1.80. The number of carbonyl (C=O) groups is 2. The lowest BCUT2D eigenvalue weighted by atomic mass is 10.0. The summed E-state index contributed by atoms with van der Waals surface area (Å²) in [5.74, 6) is -0.179. The molecular formula is C17H25N3O3. The van der Waals surface area contributed by atoms with E-state index in [1.807, 2.05) is 6.07 Å². The largest absolute Gasteiger partial charge is 0.477 e. The van der Waals surface area contributed by atoms with Crippen LogP contribution in [-0.4, -0.2) is 41.1 Å². The summed E-state index contributed by atoms with van der Waals surface area (Å²) in [6.45, 7) is 3.67. The number of carboxylic acids is 1. The molecule has 6 nitrogen and oxygen atoms in total. The van der Waals surface area contributed by atoms with Crippen LogP contribution in [-0.2, 0) is 4.79 Å². The van der Waals surface area contributed by atoms with E-state index in [0.717, 1.165) is 45.2 Å². The molecule has 0 unspecified atom stereocenters. The molecule has 0 aliphatic carbocycles. The van der Waals surface area contributed by atoms with Crippen LogP contribution in [0, 0.1) is 0 Å². The molecule has 2 rings (SSSR count). The van der Waals surface area contributed by atoms with E-state index in [1.54, 1.807) is 6.07 Å². The van der Waals surface area contributed by atoms with Crippen molar-refractivity contribution in [3.8, 4) is 0 Å². The third-order valence-corrected chi connectivity index (χ3v) is 4.14. The van der Waals surface area contributed by atoms with Crippen molar-refractivity contribution in [2.24, 2.45) is 0 Å². The molecule has 0 bridgehead atoms. The molecule has 0 atom stereocenters. The molecule has 0 spiro atoms. The summed E-state index contributed by atoms with van der Waals surface area (Å²) >= 11 is 0. The van der Waals surface area contributed by atoms with Crippen molar-refractivity contribution in [2.45, 2.75) is 51.5 Å². The lowest BCUT2D eigenvalue weighted by molar-refractivity contribution is -0.122. The van der Waals surface area contributed by atoms with Gasteiger partial charge in [0, 0.05) is 25.6 Å². The zero-order valence-electron chi connectivity index (χ0n) is 13.6. The number of aromatic nitrogens is 1. The Morgan fingerprint density at radius 1 is 1.30 bits per heavy atom. The van der Waals surface area contributed by atoms with Crippen LogP contribution in [0.25, 0.3) is 0 Å². The van der Waals surface area contributed by atoms with Gasteiger partial charge in [-0.2, -0.15) is 0 Å². The Kier molecular flexibility index (Phi) is 6.38. The summed E-state index contributed by atoms with van der Waals surface area (Å²) in [7, 11) is 0. The van der Waals surface area contributed by atoms with E-state index in [1.165, 1.54) is 6.07 Å². The molecule has 1 aliphatic heterocycles. The SMILES string of the molecule is CCCCCC(=O)NC1CCN(c2cccc(C(=O)O)n2)CC1. The van der Waals surface area contributed by atoms with Crippen molar-refractivity contribution in [2.75, 3.05) is 18.0 Å². The molecule has 6 heteroatoms. The summed E-state index contributed by atoms with van der Waals surface area (Å²) in [4.78, 5) is 29.1. The summed E-state index contributed by atoms with van der Waals surface area (Å²) in [5.41, 5.74) is 0.0638. The van der Waals surface area contributed by atoms with E-state index in [2.05, 4.69) is 22.1 Å². The van der Waals surface area contributed by atoms with E-state index in [-0.39, 0.29) is 17.6 Å². The first-order chi connectivity index (χ1) is 11.1. The Morgan fingerprint density at radius 3 is 2.70 bits per heavy atom. The third-order valence-electron chi connectivity index (χ3n) is 4.14. The van der Waals surface area contributed by atoms with Gasteiger partial charge in [0.25, 0.3) is 0 Å². The highest BCUT2D eigenvalue weighted by atomic mass is 16.4. The summed E-state index contributed by atoms with van der Waals surface area (Å²) in [5, 5.41) is 12.1. The fraction of sp³-hybridized carbons (Fsp3) is 0.588. The molecule has 1 fully saturated rings. The second-order valence-electron chi connectivity index (χ2n) is 5.97.